The second-order valence-corrected chi connectivity index (χ2v) is 7.51. The number of hydrogen-bond acceptors (Lipinski definition) is 4. The molecule has 3 fully saturated rings. The van der Waals surface area contributed by atoms with E-state index in [1.54, 1.807) is 0 Å². The molecule has 1 N–H and O–H groups in total. The fraction of sp³-hybridized carbons (Fsp3) is 1.00. The summed E-state index contributed by atoms with van der Waals surface area (Å²) in [5, 5.41) is 3.76. The van der Waals surface area contributed by atoms with E-state index in [1.165, 1.54) is 58.2 Å². The molecule has 3 aliphatic rings. The molecule has 0 bridgehead atoms. The van der Waals surface area contributed by atoms with Gasteiger partial charge in [0.15, 0.2) is 0 Å². The van der Waals surface area contributed by atoms with Crippen LogP contribution in [0.4, 0.5) is 0 Å². The molecule has 4 heteroatoms. The van der Waals surface area contributed by atoms with Crippen molar-refractivity contribution in [3.8, 4) is 0 Å². The minimum absolute atomic E-state index is 0.343. The quantitative estimate of drug-likeness (QED) is 0.778. The van der Waals surface area contributed by atoms with Crippen LogP contribution in [-0.2, 0) is 9.47 Å². The first kappa shape index (κ1) is 15.7. The van der Waals surface area contributed by atoms with Crippen LogP contribution in [0.5, 0.6) is 0 Å². The second kappa shape index (κ2) is 7.40. The van der Waals surface area contributed by atoms with Gasteiger partial charge in [0.2, 0.25) is 0 Å². The van der Waals surface area contributed by atoms with Gasteiger partial charge in [-0.15, -0.1) is 0 Å². The molecular weight excluding hydrogens is 264 g/mol. The molecule has 2 heterocycles. The molecule has 1 saturated carbocycles. The highest BCUT2D eigenvalue weighted by molar-refractivity contribution is 4.92. The lowest BCUT2D eigenvalue weighted by atomic mass is 9.81. The average Bonchev–Trinajstić information content (AvgIpc) is 3.31. The zero-order valence-electron chi connectivity index (χ0n) is 13.6. The summed E-state index contributed by atoms with van der Waals surface area (Å²) < 4.78 is 11.2. The number of ether oxygens (including phenoxy) is 2. The largest absolute Gasteiger partial charge is 0.384 e. The van der Waals surface area contributed by atoms with E-state index in [0.717, 1.165) is 38.3 Å². The topological polar surface area (TPSA) is 33.7 Å². The summed E-state index contributed by atoms with van der Waals surface area (Å²) in [6.07, 6.45) is 7.93. The van der Waals surface area contributed by atoms with E-state index >= 15 is 0 Å². The highest BCUT2D eigenvalue weighted by Crippen LogP contribution is 2.32. The summed E-state index contributed by atoms with van der Waals surface area (Å²) in [5.74, 6) is 0.724. The number of methoxy groups -OCH3 is 1. The van der Waals surface area contributed by atoms with Crippen LogP contribution in [0.2, 0.25) is 0 Å². The summed E-state index contributed by atoms with van der Waals surface area (Å²) in [7, 11) is 1.83. The van der Waals surface area contributed by atoms with Gasteiger partial charge in [0.1, 0.15) is 0 Å². The Bertz CT molecular complexity index is 312. The fourth-order valence-corrected chi connectivity index (χ4v) is 4.02. The smallest absolute Gasteiger partial charge is 0.0546 e. The average molecular weight is 296 g/mol. The first-order valence-corrected chi connectivity index (χ1v) is 8.82. The molecule has 0 spiro atoms. The molecule has 2 saturated heterocycles. The van der Waals surface area contributed by atoms with Crippen LogP contribution in [0, 0.1) is 11.3 Å². The number of piperidine rings is 1. The van der Waals surface area contributed by atoms with Gasteiger partial charge in [-0.2, -0.15) is 0 Å². The second-order valence-electron chi connectivity index (χ2n) is 7.51. The molecule has 0 amide bonds. The van der Waals surface area contributed by atoms with Gasteiger partial charge >= 0.3 is 0 Å². The number of hydrogen-bond donors (Lipinski definition) is 1. The molecule has 21 heavy (non-hydrogen) atoms. The maximum atomic E-state index is 5.86. The molecule has 3 rings (SSSR count). The number of likely N-dealkylation sites (tertiary alicyclic amines) is 1. The highest BCUT2D eigenvalue weighted by atomic mass is 16.5. The van der Waals surface area contributed by atoms with Gasteiger partial charge < -0.3 is 19.7 Å². The molecule has 2 atom stereocenters. The van der Waals surface area contributed by atoms with Crippen LogP contribution < -0.4 is 5.32 Å². The third-order valence-electron chi connectivity index (χ3n) is 5.31. The molecular formula is C17H32N2O2. The van der Waals surface area contributed by atoms with Gasteiger partial charge in [-0.05, 0) is 51.0 Å². The van der Waals surface area contributed by atoms with Gasteiger partial charge in [-0.3, -0.25) is 0 Å². The minimum Gasteiger partial charge on any atom is -0.384 e. The summed E-state index contributed by atoms with van der Waals surface area (Å²) in [6, 6.07) is 0.798. The van der Waals surface area contributed by atoms with E-state index in [2.05, 4.69) is 10.2 Å². The van der Waals surface area contributed by atoms with E-state index in [9.17, 15) is 0 Å². The van der Waals surface area contributed by atoms with E-state index < -0.39 is 0 Å². The zero-order chi connectivity index (χ0) is 14.5. The molecule has 1 aliphatic carbocycles. The lowest BCUT2D eigenvalue weighted by Crippen LogP contribution is -2.51. The lowest BCUT2D eigenvalue weighted by molar-refractivity contribution is -0.0349. The summed E-state index contributed by atoms with van der Waals surface area (Å²) in [4.78, 5) is 2.68. The molecule has 0 radical (unpaired) electrons. The molecule has 0 aromatic heterocycles. The number of nitrogens with one attached hydrogen (secondary N) is 1. The van der Waals surface area contributed by atoms with E-state index in [0.29, 0.717) is 5.41 Å². The van der Waals surface area contributed by atoms with Crippen LogP contribution in [-0.4, -0.2) is 64.1 Å². The molecule has 0 aromatic rings. The predicted octanol–water partition coefficient (Wildman–Crippen LogP) is 1.89. The standard InChI is InChI=1S/C17H32N2O2/c1-20-11-15-4-2-8-19(10-15)13-17(7-3-9-21-14-17)12-18-16-5-6-16/h15-16,18H,2-14H2,1H3. The Morgan fingerprint density at radius 2 is 2.19 bits per heavy atom. The van der Waals surface area contributed by atoms with Crippen molar-refractivity contribution in [1.82, 2.24) is 10.2 Å². The Morgan fingerprint density at radius 3 is 2.90 bits per heavy atom. The minimum atomic E-state index is 0.343. The Labute approximate surface area is 129 Å². The Balaban J connectivity index is 1.54. The third kappa shape index (κ3) is 4.65. The third-order valence-corrected chi connectivity index (χ3v) is 5.31. The predicted molar refractivity (Wildman–Crippen MR) is 84.6 cm³/mol. The van der Waals surface area contributed by atoms with Gasteiger partial charge in [0.05, 0.1) is 13.2 Å². The van der Waals surface area contributed by atoms with Gasteiger partial charge in [0.25, 0.3) is 0 Å². The monoisotopic (exact) mass is 296 g/mol. The van der Waals surface area contributed by atoms with E-state index in [-0.39, 0.29) is 0 Å². The van der Waals surface area contributed by atoms with Crippen LogP contribution in [0.3, 0.4) is 0 Å². The summed E-state index contributed by atoms with van der Waals surface area (Å²) in [5.41, 5.74) is 0.343. The Morgan fingerprint density at radius 1 is 1.29 bits per heavy atom. The highest BCUT2D eigenvalue weighted by Gasteiger charge is 2.37. The Kier molecular flexibility index (Phi) is 5.54. The summed E-state index contributed by atoms with van der Waals surface area (Å²) in [6.45, 7) is 7.62. The first-order valence-electron chi connectivity index (χ1n) is 8.82. The fourth-order valence-electron chi connectivity index (χ4n) is 4.02. The van der Waals surface area contributed by atoms with Crippen molar-refractivity contribution in [1.29, 1.82) is 0 Å². The van der Waals surface area contributed by atoms with Gasteiger partial charge in [0, 0.05) is 44.8 Å². The van der Waals surface area contributed by atoms with Crippen LogP contribution >= 0.6 is 0 Å². The van der Waals surface area contributed by atoms with Gasteiger partial charge in [-0.25, -0.2) is 0 Å². The van der Waals surface area contributed by atoms with Crippen molar-refractivity contribution >= 4 is 0 Å². The maximum Gasteiger partial charge on any atom is 0.0546 e. The van der Waals surface area contributed by atoms with Crippen molar-refractivity contribution in [3.05, 3.63) is 0 Å². The van der Waals surface area contributed by atoms with Crippen molar-refractivity contribution in [2.45, 2.75) is 44.6 Å². The van der Waals surface area contributed by atoms with Crippen LogP contribution in [0.25, 0.3) is 0 Å². The number of nitrogens with zero attached hydrogens (tertiary/aromatic N) is 1. The van der Waals surface area contributed by atoms with Crippen molar-refractivity contribution < 1.29 is 9.47 Å². The lowest BCUT2D eigenvalue weighted by Gasteiger charge is -2.43. The van der Waals surface area contributed by atoms with Crippen LogP contribution in [0.1, 0.15) is 38.5 Å². The van der Waals surface area contributed by atoms with Crippen molar-refractivity contribution in [3.63, 3.8) is 0 Å². The molecule has 0 aromatic carbocycles. The molecule has 122 valence electrons. The molecule has 4 nitrogen and oxygen atoms in total. The normalized spacial score (nSPS) is 35.0. The maximum absolute atomic E-state index is 5.86. The van der Waals surface area contributed by atoms with Gasteiger partial charge in [-0.1, -0.05) is 0 Å². The van der Waals surface area contributed by atoms with Crippen molar-refractivity contribution in [2.24, 2.45) is 11.3 Å². The SMILES string of the molecule is COCC1CCCN(CC2(CNC3CC3)CCCOC2)C1. The Hall–Kier alpha value is -0.160. The molecule has 2 unspecified atom stereocenters. The van der Waals surface area contributed by atoms with E-state index in [4.69, 9.17) is 9.47 Å². The first-order chi connectivity index (χ1) is 10.3. The zero-order valence-corrected chi connectivity index (χ0v) is 13.6. The molecule has 2 aliphatic heterocycles. The van der Waals surface area contributed by atoms with Crippen molar-refractivity contribution in [2.75, 3.05) is 53.1 Å². The summed E-state index contributed by atoms with van der Waals surface area (Å²) >= 11 is 0. The number of rotatable bonds is 7. The van der Waals surface area contributed by atoms with Crippen LogP contribution in [0.15, 0.2) is 0 Å². The van der Waals surface area contributed by atoms with E-state index in [1.807, 2.05) is 7.11 Å².